The third kappa shape index (κ3) is 5.12. The molecule has 0 saturated heterocycles. The molecule has 0 fully saturated rings. The molecule has 0 aliphatic heterocycles. The fourth-order valence-corrected chi connectivity index (χ4v) is 2.17. The smallest absolute Gasteiger partial charge is 0.0633 e. The van der Waals surface area contributed by atoms with Gasteiger partial charge in [-0.2, -0.15) is 5.10 Å². The first kappa shape index (κ1) is 17.0. The highest BCUT2D eigenvalue weighted by Crippen LogP contribution is 2.23. The molecule has 0 spiro atoms. The van der Waals surface area contributed by atoms with Gasteiger partial charge in [0.2, 0.25) is 0 Å². The van der Waals surface area contributed by atoms with Crippen molar-refractivity contribution in [3.05, 3.63) is 30.6 Å². The normalized spacial score (nSPS) is 16.1. The zero-order chi connectivity index (χ0) is 15.2. The summed E-state index contributed by atoms with van der Waals surface area (Å²) in [5, 5.41) is 8.23. The molecule has 20 heavy (non-hydrogen) atoms. The van der Waals surface area contributed by atoms with Crippen molar-refractivity contribution < 1.29 is 0 Å². The second-order valence-electron chi connectivity index (χ2n) is 6.60. The minimum Gasteiger partial charge on any atom is -0.316 e. The Morgan fingerprint density at radius 3 is 2.70 bits per heavy atom. The van der Waals surface area contributed by atoms with E-state index in [0.29, 0.717) is 12.0 Å². The molecule has 0 saturated carbocycles. The van der Waals surface area contributed by atoms with Crippen LogP contribution < -0.4 is 5.32 Å². The van der Waals surface area contributed by atoms with Crippen molar-refractivity contribution >= 4 is 0 Å². The highest BCUT2D eigenvalue weighted by Gasteiger charge is 2.22. The number of rotatable bonds is 9. The van der Waals surface area contributed by atoms with Crippen molar-refractivity contribution in [3.8, 4) is 0 Å². The summed E-state index contributed by atoms with van der Waals surface area (Å²) in [6.07, 6.45) is 6.19. The molecule has 2 unspecified atom stereocenters. The molecule has 1 rings (SSSR count). The largest absolute Gasteiger partial charge is 0.316 e. The molecule has 0 aromatic carbocycles. The summed E-state index contributed by atoms with van der Waals surface area (Å²) in [7, 11) is 0. The summed E-state index contributed by atoms with van der Waals surface area (Å²) in [5.41, 5.74) is 1.21. The van der Waals surface area contributed by atoms with E-state index in [0.717, 1.165) is 31.6 Å². The van der Waals surface area contributed by atoms with Crippen LogP contribution in [-0.2, 0) is 6.42 Å². The lowest BCUT2D eigenvalue weighted by Gasteiger charge is -2.26. The van der Waals surface area contributed by atoms with Crippen LogP contribution in [0.4, 0.5) is 0 Å². The van der Waals surface area contributed by atoms with E-state index in [9.17, 15) is 0 Å². The molecule has 0 amide bonds. The van der Waals surface area contributed by atoms with E-state index in [4.69, 9.17) is 5.10 Å². The predicted octanol–water partition coefficient (Wildman–Crippen LogP) is 3.83. The van der Waals surface area contributed by atoms with Gasteiger partial charge in [-0.25, -0.2) is 0 Å². The van der Waals surface area contributed by atoms with E-state index >= 15 is 0 Å². The summed E-state index contributed by atoms with van der Waals surface area (Å²) in [6, 6.07) is 2.61. The first-order valence-electron chi connectivity index (χ1n) is 7.78. The minimum absolute atomic E-state index is 0.0591. The Labute approximate surface area is 124 Å². The summed E-state index contributed by atoms with van der Waals surface area (Å²) in [4.78, 5) is 0. The molecular weight excluding hydrogens is 246 g/mol. The molecule has 0 aliphatic rings. The highest BCUT2D eigenvalue weighted by atomic mass is 15.3. The molecule has 1 heterocycles. The summed E-state index contributed by atoms with van der Waals surface area (Å²) < 4.78 is 2.07. The van der Waals surface area contributed by atoms with E-state index < -0.39 is 0 Å². The van der Waals surface area contributed by atoms with Gasteiger partial charge in [0.1, 0.15) is 0 Å². The maximum atomic E-state index is 4.70. The van der Waals surface area contributed by atoms with Crippen molar-refractivity contribution in [1.29, 1.82) is 0 Å². The SMILES string of the molecule is C=CC(C)(CNCC(C)C)Cc1ccn(C(C)CC)n1. The van der Waals surface area contributed by atoms with E-state index in [1.54, 1.807) is 0 Å². The molecule has 1 N–H and O–H groups in total. The van der Waals surface area contributed by atoms with Crippen molar-refractivity contribution in [2.45, 2.75) is 53.5 Å². The number of hydrogen-bond donors (Lipinski definition) is 1. The fourth-order valence-electron chi connectivity index (χ4n) is 2.17. The molecule has 0 bridgehead atoms. The third-order valence-electron chi connectivity index (χ3n) is 3.87. The first-order valence-corrected chi connectivity index (χ1v) is 7.78. The second-order valence-corrected chi connectivity index (χ2v) is 6.60. The molecule has 3 heteroatoms. The molecule has 1 aromatic rings. The second kappa shape index (κ2) is 7.63. The summed E-state index contributed by atoms with van der Waals surface area (Å²) in [6.45, 7) is 17.1. The van der Waals surface area contributed by atoms with E-state index in [1.165, 1.54) is 0 Å². The highest BCUT2D eigenvalue weighted by molar-refractivity contribution is 5.08. The summed E-state index contributed by atoms with van der Waals surface area (Å²) in [5.74, 6) is 0.675. The predicted molar refractivity (Wildman–Crippen MR) is 86.9 cm³/mol. The average Bonchev–Trinajstić information content (AvgIpc) is 2.85. The fraction of sp³-hybridized carbons (Fsp3) is 0.706. The van der Waals surface area contributed by atoms with Crippen molar-refractivity contribution in [2.75, 3.05) is 13.1 Å². The van der Waals surface area contributed by atoms with Crippen LogP contribution in [0.5, 0.6) is 0 Å². The van der Waals surface area contributed by atoms with Crippen LogP contribution in [0.3, 0.4) is 0 Å². The Morgan fingerprint density at radius 1 is 1.45 bits per heavy atom. The maximum Gasteiger partial charge on any atom is 0.0633 e. The van der Waals surface area contributed by atoms with Crippen LogP contribution in [0.15, 0.2) is 24.9 Å². The monoisotopic (exact) mass is 277 g/mol. The van der Waals surface area contributed by atoms with Gasteiger partial charge in [0.05, 0.1) is 5.69 Å². The first-order chi connectivity index (χ1) is 9.40. The lowest BCUT2D eigenvalue weighted by molar-refractivity contribution is 0.370. The van der Waals surface area contributed by atoms with Gasteiger partial charge in [-0.1, -0.05) is 33.8 Å². The van der Waals surface area contributed by atoms with Gasteiger partial charge >= 0.3 is 0 Å². The van der Waals surface area contributed by atoms with Gasteiger partial charge < -0.3 is 5.32 Å². The Hall–Kier alpha value is -1.09. The zero-order valence-electron chi connectivity index (χ0n) is 13.8. The van der Waals surface area contributed by atoms with E-state index in [-0.39, 0.29) is 5.41 Å². The van der Waals surface area contributed by atoms with Crippen LogP contribution in [0, 0.1) is 11.3 Å². The summed E-state index contributed by atoms with van der Waals surface area (Å²) >= 11 is 0. The minimum atomic E-state index is 0.0591. The van der Waals surface area contributed by atoms with Gasteiger partial charge in [-0.3, -0.25) is 4.68 Å². The van der Waals surface area contributed by atoms with Crippen molar-refractivity contribution in [1.82, 2.24) is 15.1 Å². The number of nitrogens with one attached hydrogen (secondary N) is 1. The van der Waals surface area contributed by atoms with Gasteiger partial charge in [0.15, 0.2) is 0 Å². The average molecular weight is 277 g/mol. The third-order valence-corrected chi connectivity index (χ3v) is 3.87. The molecular formula is C17H31N3. The van der Waals surface area contributed by atoms with Gasteiger partial charge in [0.25, 0.3) is 0 Å². The molecule has 3 nitrogen and oxygen atoms in total. The lowest BCUT2D eigenvalue weighted by atomic mass is 9.85. The van der Waals surface area contributed by atoms with E-state index in [2.05, 4.69) is 69.5 Å². The number of nitrogens with zero attached hydrogens (tertiary/aromatic N) is 2. The lowest BCUT2D eigenvalue weighted by Crippen LogP contribution is -2.34. The van der Waals surface area contributed by atoms with Crippen LogP contribution in [-0.4, -0.2) is 22.9 Å². The maximum absolute atomic E-state index is 4.70. The number of hydrogen-bond acceptors (Lipinski definition) is 2. The molecule has 114 valence electrons. The van der Waals surface area contributed by atoms with Crippen LogP contribution in [0.1, 0.15) is 52.8 Å². The van der Waals surface area contributed by atoms with E-state index in [1.807, 2.05) is 0 Å². The van der Waals surface area contributed by atoms with Crippen molar-refractivity contribution in [2.24, 2.45) is 11.3 Å². The van der Waals surface area contributed by atoms with Crippen LogP contribution >= 0.6 is 0 Å². The standard InChI is InChI=1S/C17H31N3/c1-7-15(5)20-10-9-16(19-20)11-17(6,8-2)13-18-12-14(3)4/h8-10,14-15,18H,2,7,11-13H2,1,3-6H3. The van der Waals surface area contributed by atoms with Gasteiger partial charge in [0, 0.05) is 30.6 Å². The van der Waals surface area contributed by atoms with Gasteiger partial charge in [-0.05, 0) is 31.9 Å². The molecule has 2 atom stereocenters. The van der Waals surface area contributed by atoms with Crippen LogP contribution in [0.2, 0.25) is 0 Å². The van der Waals surface area contributed by atoms with Crippen molar-refractivity contribution in [3.63, 3.8) is 0 Å². The Balaban J connectivity index is 2.62. The quantitative estimate of drug-likeness (QED) is 0.695. The Bertz CT molecular complexity index is 408. The van der Waals surface area contributed by atoms with Crippen LogP contribution in [0.25, 0.3) is 0 Å². The molecule has 0 aliphatic carbocycles. The molecule has 0 radical (unpaired) electrons. The molecule has 1 aromatic heterocycles. The Morgan fingerprint density at radius 2 is 2.15 bits per heavy atom. The topological polar surface area (TPSA) is 29.9 Å². The Kier molecular flexibility index (Phi) is 6.47. The number of aromatic nitrogens is 2. The van der Waals surface area contributed by atoms with Gasteiger partial charge in [-0.15, -0.1) is 6.58 Å². The zero-order valence-corrected chi connectivity index (χ0v) is 13.8.